The van der Waals surface area contributed by atoms with Gasteiger partial charge < -0.3 is 14.6 Å². The van der Waals surface area contributed by atoms with Crippen molar-refractivity contribution < 1.29 is 24.2 Å². The Bertz CT molecular complexity index is 781. The molecule has 0 spiro atoms. The maximum atomic E-state index is 12.3. The van der Waals surface area contributed by atoms with E-state index in [0.29, 0.717) is 0 Å². The first-order chi connectivity index (χ1) is 13.5. The van der Waals surface area contributed by atoms with Crippen molar-refractivity contribution in [1.29, 1.82) is 5.41 Å². The molecule has 8 heteroatoms. The Hall–Kier alpha value is -3.39. The summed E-state index contributed by atoms with van der Waals surface area (Å²) in [5.41, 5.74) is 1.56. The first-order valence-corrected chi connectivity index (χ1v) is 8.68. The zero-order valence-corrected chi connectivity index (χ0v) is 15.5. The van der Waals surface area contributed by atoms with E-state index in [9.17, 15) is 14.7 Å². The highest BCUT2D eigenvalue weighted by atomic mass is 16.6. The predicted octanol–water partition coefficient (Wildman–Crippen LogP) is 2.87. The number of nitrogens with zero attached hydrogens (tertiary/aromatic N) is 1. The smallest absolute Gasteiger partial charge is 0.417 e. The highest BCUT2D eigenvalue weighted by Crippen LogP contribution is 2.05. The van der Waals surface area contributed by atoms with Crippen molar-refractivity contribution in [2.45, 2.75) is 26.2 Å². The molecule has 0 aliphatic rings. The maximum Gasteiger partial charge on any atom is 0.417 e. The molecule has 0 saturated heterocycles. The van der Waals surface area contributed by atoms with E-state index in [2.05, 4.69) is 5.32 Å². The van der Waals surface area contributed by atoms with Gasteiger partial charge >= 0.3 is 12.2 Å². The largest absolute Gasteiger partial charge is 0.444 e. The van der Waals surface area contributed by atoms with Gasteiger partial charge in [0.2, 0.25) is 5.96 Å². The van der Waals surface area contributed by atoms with Crippen LogP contribution in [0.2, 0.25) is 0 Å². The summed E-state index contributed by atoms with van der Waals surface area (Å²) in [7, 11) is 0. The summed E-state index contributed by atoms with van der Waals surface area (Å²) < 4.78 is 10.2. The molecular formula is C20H23N3O5. The summed E-state index contributed by atoms with van der Waals surface area (Å²) in [6, 6.07) is 18.1. The Morgan fingerprint density at radius 2 is 1.50 bits per heavy atom. The number of aliphatic hydroxyl groups excluding tert-OH is 1. The van der Waals surface area contributed by atoms with Crippen LogP contribution in [0.1, 0.15) is 18.1 Å². The van der Waals surface area contributed by atoms with E-state index >= 15 is 0 Å². The van der Waals surface area contributed by atoms with E-state index in [1.54, 1.807) is 24.3 Å². The third-order valence-corrected chi connectivity index (χ3v) is 3.58. The van der Waals surface area contributed by atoms with Crippen LogP contribution in [-0.4, -0.2) is 40.8 Å². The van der Waals surface area contributed by atoms with E-state index < -0.39 is 24.3 Å². The van der Waals surface area contributed by atoms with Crippen LogP contribution >= 0.6 is 0 Å². The second-order valence-electron chi connectivity index (χ2n) is 6.04. The van der Waals surface area contributed by atoms with Gasteiger partial charge in [-0.15, -0.1) is 0 Å². The molecule has 3 N–H and O–H groups in total. The molecule has 0 heterocycles. The van der Waals surface area contributed by atoms with Gasteiger partial charge in [0, 0.05) is 0 Å². The average Bonchev–Trinajstić information content (AvgIpc) is 2.70. The van der Waals surface area contributed by atoms with Crippen LogP contribution in [0.5, 0.6) is 0 Å². The Labute approximate surface area is 163 Å². The predicted molar refractivity (Wildman–Crippen MR) is 103 cm³/mol. The molecule has 2 aromatic rings. The second kappa shape index (κ2) is 10.7. The zero-order valence-electron chi connectivity index (χ0n) is 15.5. The number of benzene rings is 2. The van der Waals surface area contributed by atoms with Crippen LogP contribution in [0.4, 0.5) is 9.59 Å². The fourth-order valence-electron chi connectivity index (χ4n) is 2.24. The topological polar surface area (TPSA) is 112 Å². The number of nitrogens with one attached hydrogen (secondary N) is 2. The first-order valence-electron chi connectivity index (χ1n) is 8.68. The monoisotopic (exact) mass is 385 g/mol. The molecule has 0 bridgehead atoms. The van der Waals surface area contributed by atoms with E-state index in [0.717, 1.165) is 16.0 Å². The van der Waals surface area contributed by atoms with Crippen molar-refractivity contribution in [3.8, 4) is 0 Å². The molecule has 28 heavy (non-hydrogen) atoms. The van der Waals surface area contributed by atoms with Crippen molar-refractivity contribution in [2.75, 3.05) is 6.54 Å². The summed E-state index contributed by atoms with van der Waals surface area (Å²) in [5.74, 6) is -0.544. The van der Waals surface area contributed by atoms with Crippen LogP contribution in [-0.2, 0) is 22.7 Å². The van der Waals surface area contributed by atoms with Crippen molar-refractivity contribution in [1.82, 2.24) is 10.2 Å². The summed E-state index contributed by atoms with van der Waals surface area (Å²) in [6.07, 6.45) is -2.68. The SMILES string of the molecule is C[C@@H](O)CN(C(=N)NC(=O)OCc1ccccc1)C(=O)OCc1ccccc1. The Kier molecular flexibility index (Phi) is 7.98. The van der Waals surface area contributed by atoms with Crippen molar-refractivity contribution in [3.63, 3.8) is 0 Å². The lowest BCUT2D eigenvalue weighted by atomic mass is 10.2. The summed E-state index contributed by atoms with van der Waals surface area (Å²) >= 11 is 0. The normalized spacial score (nSPS) is 11.2. The molecule has 148 valence electrons. The van der Waals surface area contributed by atoms with Crippen molar-refractivity contribution >= 4 is 18.1 Å². The van der Waals surface area contributed by atoms with E-state index in [4.69, 9.17) is 14.9 Å². The van der Waals surface area contributed by atoms with Crippen molar-refractivity contribution in [3.05, 3.63) is 71.8 Å². The summed E-state index contributed by atoms with van der Waals surface area (Å²) in [5, 5.41) is 19.7. The van der Waals surface area contributed by atoms with Crippen LogP contribution < -0.4 is 5.32 Å². The summed E-state index contributed by atoms with van der Waals surface area (Å²) in [6.45, 7) is 1.26. The Balaban J connectivity index is 1.89. The highest BCUT2D eigenvalue weighted by Gasteiger charge is 2.23. The van der Waals surface area contributed by atoms with Gasteiger partial charge in [0.25, 0.3) is 0 Å². The highest BCUT2D eigenvalue weighted by molar-refractivity contribution is 5.99. The van der Waals surface area contributed by atoms with E-state index in [1.807, 2.05) is 36.4 Å². The molecule has 0 radical (unpaired) electrons. The third kappa shape index (κ3) is 7.08. The van der Waals surface area contributed by atoms with Gasteiger partial charge in [0.1, 0.15) is 13.2 Å². The van der Waals surface area contributed by atoms with Crippen LogP contribution in [0.3, 0.4) is 0 Å². The molecule has 0 aliphatic carbocycles. The molecule has 0 saturated carbocycles. The molecule has 0 fully saturated rings. The molecule has 2 aromatic carbocycles. The minimum absolute atomic E-state index is 0.00170. The fraction of sp³-hybridized carbons (Fsp3) is 0.250. The van der Waals surface area contributed by atoms with Crippen LogP contribution in [0.25, 0.3) is 0 Å². The van der Waals surface area contributed by atoms with Gasteiger partial charge in [0.15, 0.2) is 0 Å². The van der Waals surface area contributed by atoms with Crippen LogP contribution in [0.15, 0.2) is 60.7 Å². The Morgan fingerprint density at radius 1 is 1.00 bits per heavy atom. The lowest BCUT2D eigenvalue weighted by Gasteiger charge is -2.23. The average molecular weight is 385 g/mol. The number of carbonyl (C=O) groups excluding carboxylic acids is 2. The second-order valence-corrected chi connectivity index (χ2v) is 6.04. The molecule has 2 rings (SSSR count). The number of carbonyl (C=O) groups is 2. The molecule has 0 aliphatic heterocycles. The van der Waals surface area contributed by atoms with Gasteiger partial charge in [-0.25, -0.2) is 14.5 Å². The molecule has 2 amide bonds. The fourth-order valence-corrected chi connectivity index (χ4v) is 2.24. The van der Waals surface area contributed by atoms with E-state index in [-0.39, 0.29) is 19.8 Å². The molecule has 1 atom stereocenters. The first kappa shape index (κ1) is 20.9. The molecule has 0 aromatic heterocycles. The number of ether oxygens (including phenoxy) is 2. The van der Waals surface area contributed by atoms with Gasteiger partial charge in [-0.2, -0.15) is 0 Å². The van der Waals surface area contributed by atoms with Gasteiger partial charge in [0.05, 0.1) is 12.6 Å². The van der Waals surface area contributed by atoms with Crippen LogP contribution in [0, 0.1) is 5.41 Å². The molecular weight excluding hydrogens is 362 g/mol. The standard InChI is InChI=1S/C20H23N3O5/c1-15(24)12-23(20(26)28-14-17-10-6-3-7-11-17)18(21)22-19(25)27-13-16-8-4-2-5-9-16/h2-11,15,24H,12-14H2,1H3,(H2,21,22,25)/t15-/m1/s1. The minimum Gasteiger partial charge on any atom is -0.444 e. The number of aliphatic hydroxyl groups is 1. The van der Waals surface area contributed by atoms with Gasteiger partial charge in [-0.05, 0) is 18.1 Å². The van der Waals surface area contributed by atoms with Gasteiger partial charge in [-0.1, -0.05) is 60.7 Å². The number of hydrogen-bond donors (Lipinski definition) is 3. The number of rotatable bonds is 6. The lowest BCUT2D eigenvalue weighted by molar-refractivity contribution is 0.0951. The third-order valence-electron chi connectivity index (χ3n) is 3.58. The number of amides is 2. The Morgan fingerprint density at radius 3 is 2.00 bits per heavy atom. The van der Waals surface area contributed by atoms with Gasteiger partial charge in [-0.3, -0.25) is 10.7 Å². The molecule has 8 nitrogen and oxygen atoms in total. The summed E-state index contributed by atoms with van der Waals surface area (Å²) in [4.78, 5) is 25.0. The van der Waals surface area contributed by atoms with E-state index in [1.165, 1.54) is 6.92 Å². The number of guanidine groups is 1. The number of hydrogen-bond acceptors (Lipinski definition) is 6. The quantitative estimate of drug-likeness (QED) is 0.523. The number of alkyl carbamates (subject to hydrolysis) is 1. The molecule has 0 unspecified atom stereocenters. The van der Waals surface area contributed by atoms with Crippen molar-refractivity contribution in [2.24, 2.45) is 0 Å². The minimum atomic E-state index is -0.924. The lowest BCUT2D eigenvalue weighted by Crippen LogP contribution is -2.49. The maximum absolute atomic E-state index is 12.3. The zero-order chi connectivity index (χ0) is 20.4.